The van der Waals surface area contributed by atoms with Crippen molar-refractivity contribution >= 4 is 5.78 Å². The van der Waals surface area contributed by atoms with E-state index in [0.717, 1.165) is 19.3 Å². The van der Waals surface area contributed by atoms with Crippen LogP contribution in [-0.4, -0.2) is 5.78 Å². The van der Waals surface area contributed by atoms with Crippen LogP contribution in [0.2, 0.25) is 0 Å². The molecule has 0 spiro atoms. The number of allylic oxidation sites excluding steroid dienone is 3. The van der Waals surface area contributed by atoms with Gasteiger partial charge in [0.15, 0.2) is 0 Å². The van der Waals surface area contributed by atoms with Gasteiger partial charge in [-0.2, -0.15) is 0 Å². The van der Waals surface area contributed by atoms with Crippen molar-refractivity contribution in [3.05, 3.63) is 23.8 Å². The Morgan fingerprint density at radius 3 is 2.85 bits per heavy atom. The molecule has 1 unspecified atom stereocenters. The van der Waals surface area contributed by atoms with Crippen LogP contribution in [0.4, 0.5) is 0 Å². The van der Waals surface area contributed by atoms with Gasteiger partial charge in [0.2, 0.25) is 0 Å². The number of hydrogen-bond acceptors (Lipinski definition) is 1. The Morgan fingerprint density at radius 1 is 1.62 bits per heavy atom. The highest BCUT2D eigenvalue weighted by Gasteiger charge is 2.22. The molecule has 0 aromatic rings. The maximum atomic E-state index is 11.4. The summed E-state index contributed by atoms with van der Waals surface area (Å²) in [7, 11) is 0. The van der Waals surface area contributed by atoms with Crippen molar-refractivity contribution in [2.24, 2.45) is 5.92 Å². The smallest absolute Gasteiger partial charge is 0.140 e. The second kappa shape index (κ2) is 4.40. The standard InChI is InChI=1S/C12H18O/c1-4-6-11-7-9(3)12(13)8-10(11)5-2/h5,9H,2,4,6-8H2,1,3H3. The summed E-state index contributed by atoms with van der Waals surface area (Å²) < 4.78 is 0. The average Bonchev–Trinajstić information content (AvgIpc) is 2.11. The lowest BCUT2D eigenvalue weighted by Gasteiger charge is -2.22. The van der Waals surface area contributed by atoms with Gasteiger partial charge in [0, 0.05) is 12.3 Å². The second-order valence-corrected chi connectivity index (χ2v) is 3.83. The zero-order valence-electron chi connectivity index (χ0n) is 8.60. The summed E-state index contributed by atoms with van der Waals surface area (Å²) >= 11 is 0. The minimum absolute atomic E-state index is 0.227. The third kappa shape index (κ3) is 2.30. The first-order valence-corrected chi connectivity index (χ1v) is 5.05. The van der Waals surface area contributed by atoms with E-state index in [1.807, 2.05) is 13.0 Å². The number of hydrogen-bond donors (Lipinski definition) is 0. The van der Waals surface area contributed by atoms with E-state index in [0.29, 0.717) is 12.2 Å². The second-order valence-electron chi connectivity index (χ2n) is 3.83. The summed E-state index contributed by atoms with van der Waals surface area (Å²) in [6, 6.07) is 0. The predicted molar refractivity (Wildman–Crippen MR) is 55.5 cm³/mol. The Morgan fingerprint density at radius 2 is 2.31 bits per heavy atom. The molecule has 0 saturated heterocycles. The summed E-state index contributed by atoms with van der Waals surface area (Å²) in [5, 5.41) is 0. The van der Waals surface area contributed by atoms with Crippen LogP contribution in [0.5, 0.6) is 0 Å². The lowest BCUT2D eigenvalue weighted by atomic mass is 9.82. The van der Waals surface area contributed by atoms with Crippen molar-refractivity contribution in [1.82, 2.24) is 0 Å². The molecule has 13 heavy (non-hydrogen) atoms. The summed E-state index contributed by atoms with van der Waals surface area (Å²) in [6.45, 7) is 7.97. The van der Waals surface area contributed by atoms with Gasteiger partial charge in [0.1, 0.15) is 5.78 Å². The van der Waals surface area contributed by atoms with Crippen LogP contribution in [-0.2, 0) is 4.79 Å². The lowest BCUT2D eigenvalue weighted by Crippen LogP contribution is -2.18. The van der Waals surface area contributed by atoms with Crippen LogP contribution >= 0.6 is 0 Å². The fourth-order valence-corrected chi connectivity index (χ4v) is 1.88. The minimum atomic E-state index is 0.227. The van der Waals surface area contributed by atoms with Gasteiger partial charge in [-0.3, -0.25) is 4.79 Å². The first-order chi connectivity index (χ1) is 6.19. The number of rotatable bonds is 3. The molecule has 0 radical (unpaired) electrons. The molecule has 1 rings (SSSR count). The van der Waals surface area contributed by atoms with Gasteiger partial charge in [-0.1, -0.05) is 38.5 Å². The van der Waals surface area contributed by atoms with Gasteiger partial charge >= 0.3 is 0 Å². The molecule has 1 heteroatoms. The van der Waals surface area contributed by atoms with E-state index in [1.54, 1.807) is 0 Å². The molecule has 1 nitrogen and oxygen atoms in total. The Bertz CT molecular complexity index is 248. The summed E-state index contributed by atoms with van der Waals surface area (Å²) in [6.07, 6.45) is 5.70. The highest BCUT2D eigenvalue weighted by molar-refractivity contribution is 5.85. The van der Waals surface area contributed by atoms with Crippen molar-refractivity contribution in [3.63, 3.8) is 0 Å². The van der Waals surface area contributed by atoms with Gasteiger partial charge < -0.3 is 0 Å². The fourth-order valence-electron chi connectivity index (χ4n) is 1.88. The molecule has 0 heterocycles. The lowest BCUT2D eigenvalue weighted by molar-refractivity contribution is -0.122. The zero-order valence-corrected chi connectivity index (χ0v) is 8.60. The van der Waals surface area contributed by atoms with E-state index in [2.05, 4.69) is 13.5 Å². The van der Waals surface area contributed by atoms with E-state index < -0.39 is 0 Å². The molecule has 0 aliphatic heterocycles. The highest BCUT2D eigenvalue weighted by atomic mass is 16.1. The maximum Gasteiger partial charge on any atom is 0.140 e. The number of carbonyl (C=O) groups excluding carboxylic acids is 1. The summed E-state index contributed by atoms with van der Waals surface area (Å²) in [4.78, 5) is 11.4. The van der Waals surface area contributed by atoms with E-state index >= 15 is 0 Å². The maximum absolute atomic E-state index is 11.4. The van der Waals surface area contributed by atoms with Gasteiger partial charge in [-0.05, 0) is 18.4 Å². The van der Waals surface area contributed by atoms with Crippen molar-refractivity contribution in [2.45, 2.75) is 39.5 Å². The number of ketones is 1. The van der Waals surface area contributed by atoms with Gasteiger partial charge in [-0.15, -0.1) is 0 Å². The van der Waals surface area contributed by atoms with Crippen LogP contribution < -0.4 is 0 Å². The molecule has 0 fully saturated rings. The number of carbonyl (C=O) groups is 1. The molecule has 0 amide bonds. The molecule has 1 aliphatic rings. The van der Waals surface area contributed by atoms with E-state index in [9.17, 15) is 4.79 Å². The normalized spacial score (nSPS) is 23.5. The van der Waals surface area contributed by atoms with Crippen molar-refractivity contribution in [1.29, 1.82) is 0 Å². The Hall–Kier alpha value is -0.850. The largest absolute Gasteiger partial charge is 0.299 e. The van der Waals surface area contributed by atoms with Crippen molar-refractivity contribution in [2.75, 3.05) is 0 Å². The minimum Gasteiger partial charge on any atom is -0.299 e. The van der Waals surface area contributed by atoms with E-state index in [4.69, 9.17) is 0 Å². The first-order valence-electron chi connectivity index (χ1n) is 5.05. The predicted octanol–water partition coefficient (Wildman–Crippen LogP) is 3.27. The van der Waals surface area contributed by atoms with Crippen molar-refractivity contribution < 1.29 is 4.79 Å². The molecular weight excluding hydrogens is 160 g/mol. The Labute approximate surface area is 80.5 Å². The zero-order chi connectivity index (χ0) is 9.84. The van der Waals surface area contributed by atoms with Crippen LogP contribution in [0.15, 0.2) is 23.8 Å². The Balaban J connectivity index is 2.84. The summed E-state index contributed by atoms with van der Waals surface area (Å²) in [5.74, 6) is 0.597. The first kappa shape index (κ1) is 10.2. The van der Waals surface area contributed by atoms with Crippen LogP contribution in [0.25, 0.3) is 0 Å². The quantitative estimate of drug-likeness (QED) is 0.648. The van der Waals surface area contributed by atoms with Crippen LogP contribution in [0.1, 0.15) is 39.5 Å². The topological polar surface area (TPSA) is 17.1 Å². The van der Waals surface area contributed by atoms with Crippen LogP contribution in [0, 0.1) is 5.92 Å². The molecule has 72 valence electrons. The number of Topliss-reactive ketones (excluding diaryl/α,β-unsaturated/α-hetero) is 1. The van der Waals surface area contributed by atoms with Gasteiger partial charge in [-0.25, -0.2) is 0 Å². The third-order valence-corrected chi connectivity index (χ3v) is 2.72. The monoisotopic (exact) mass is 178 g/mol. The van der Waals surface area contributed by atoms with E-state index in [1.165, 1.54) is 11.1 Å². The van der Waals surface area contributed by atoms with Crippen molar-refractivity contribution in [3.8, 4) is 0 Å². The molecule has 0 aromatic heterocycles. The highest BCUT2D eigenvalue weighted by Crippen LogP contribution is 2.29. The summed E-state index contributed by atoms with van der Waals surface area (Å²) in [5.41, 5.74) is 2.63. The molecule has 1 atom stereocenters. The molecular formula is C12H18O. The SMILES string of the molecule is C=CC1=C(CCC)CC(C)C(=O)C1. The fraction of sp³-hybridized carbons (Fsp3) is 0.583. The Kier molecular flexibility index (Phi) is 3.47. The molecule has 0 aromatic carbocycles. The molecule has 0 N–H and O–H groups in total. The van der Waals surface area contributed by atoms with Gasteiger partial charge in [0.05, 0.1) is 0 Å². The molecule has 0 saturated carbocycles. The van der Waals surface area contributed by atoms with Gasteiger partial charge in [0.25, 0.3) is 0 Å². The third-order valence-electron chi connectivity index (χ3n) is 2.72. The van der Waals surface area contributed by atoms with E-state index in [-0.39, 0.29) is 5.92 Å². The molecule has 0 bridgehead atoms. The molecule has 1 aliphatic carbocycles. The average molecular weight is 178 g/mol. The van der Waals surface area contributed by atoms with Crippen LogP contribution in [0.3, 0.4) is 0 Å².